The quantitative estimate of drug-likeness (QED) is 0.695. The number of benzene rings is 2. The summed E-state index contributed by atoms with van der Waals surface area (Å²) >= 11 is 0. The summed E-state index contributed by atoms with van der Waals surface area (Å²) < 4.78 is 59.4. The van der Waals surface area contributed by atoms with Crippen LogP contribution in [0.5, 0.6) is 11.5 Å². The lowest BCUT2D eigenvalue weighted by Crippen LogP contribution is -2.21. The largest absolute Gasteiger partial charge is 0.493 e. The number of ether oxygens (including phenoxy) is 2. The van der Waals surface area contributed by atoms with E-state index in [0.717, 1.165) is 5.56 Å². The van der Waals surface area contributed by atoms with E-state index in [-0.39, 0.29) is 23.9 Å². The van der Waals surface area contributed by atoms with Crippen LogP contribution < -0.4 is 14.8 Å². The standard InChI is InChI=1S/C18H19F4NO3/c1-25-17-8-12(2-7-16(17)26-11-18(20,21)22)9-23-10-15(24)13-3-5-14(19)6-4-13/h2-8,15,23-24H,9-11H2,1H3. The molecular formula is C18H19F4NO3. The molecule has 0 heterocycles. The zero-order valence-electron chi connectivity index (χ0n) is 14.0. The summed E-state index contributed by atoms with van der Waals surface area (Å²) in [5, 5.41) is 13.1. The number of methoxy groups -OCH3 is 1. The summed E-state index contributed by atoms with van der Waals surface area (Å²) in [5.74, 6) is -0.193. The molecule has 2 rings (SSSR count). The minimum atomic E-state index is -4.43. The van der Waals surface area contributed by atoms with Gasteiger partial charge in [-0.05, 0) is 35.4 Å². The van der Waals surface area contributed by atoms with Gasteiger partial charge in [-0.25, -0.2) is 4.39 Å². The van der Waals surface area contributed by atoms with Crippen LogP contribution in [-0.4, -0.2) is 31.5 Å². The van der Waals surface area contributed by atoms with Crippen molar-refractivity contribution < 1.29 is 32.1 Å². The summed E-state index contributed by atoms with van der Waals surface area (Å²) in [7, 11) is 1.34. The molecule has 1 atom stereocenters. The highest BCUT2D eigenvalue weighted by Crippen LogP contribution is 2.29. The average Bonchev–Trinajstić information content (AvgIpc) is 2.60. The maximum Gasteiger partial charge on any atom is 0.422 e. The van der Waals surface area contributed by atoms with Crippen LogP contribution >= 0.6 is 0 Å². The van der Waals surface area contributed by atoms with Crippen molar-refractivity contribution in [2.45, 2.75) is 18.8 Å². The Morgan fingerprint density at radius 1 is 1.08 bits per heavy atom. The molecule has 0 amide bonds. The topological polar surface area (TPSA) is 50.7 Å². The molecule has 0 radical (unpaired) electrons. The van der Waals surface area contributed by atoms with E-state index in [1.807, 2.05) is 0 Å². The first kappa shape index (κ1) is 20.0. The monoisotopic (exact) mass is 373 g/mol. The summed E-state index contributed by atoms with van der Waals surface area (Å²) in [6.07, 6.45) is -5.24. The van der Waals surface area contributed by atoms with Gasteiger partial charge >= 0.3 is 6.18 Å². The van der Waals surface area contributed by atoms with Gasteiger partial charge in [-0.1, -0.05) is 18.2 Å². The molecule has 0 saturated carbocycles. The van der Waals surface area contributed by atoms with E-state index < -0.39 is 18.9 Å². The van der Waals surface area contributed by atoms with Gasteiger partial charge in [0.2, 0.25) is 0 Å². The first-order valence-corrected chi connectivity index (χ1v) is 7.79. The molecule has 0 aliphatic carbocycles. The highest BCUT2D eigenvalue weighted by Gasteiger charge is 2.29. The SMILES string of the molecule is COc1cc(CNCC(O)c2ccc(F)cc2)ccc1OCC(F)(F)F. The van der Waals surface area contributed by atoms with Gasteiger partial charge in [0.1, 0.15) is 5.82 Å². The van der Waals surface area contributed by atoms with Gasteiger partial charge in [0, 0.05) is 13.1 Å². The summed E-state index contributed by atoms with van der Waals surface area (Å²) in [4.78, 5) is 0. The van der Waals surface area contributed by atoms with Crippen molar-refractivity contribution in [3.05, 3.63) is 59.4 Å². The minimum absolute atomic E-state index is 0.0000723. The fraction of sp³-hybridized carbons (Fsp3) is 0.333. The lowest BCUT2D eigenvalue weighted by atomic mass is 10.1. The molecule has 0 saturated heterocycles. The van der Waals surface area contributed by atoms with Gasteiger partial charge in [-0.2, -0.15) is 13.2 Å². The Kier molecular flexibility index (Phi) is 6.82. The third kappa shape index (κ3) is 6.20. The molecule has 2 aromatic carbocycles. The van der Waals surface area contributed by atoms with E-state index >= 15 is 0 Å². The fourth-order valence-electron chi connectivity index (χ4n) is 2.26. The second kappa shape index (κ2) is 8.86. The molecule has 0 aromatic heterocycles. The van der Waals surface area contributed by atoms with Crippen molar-refractivity contribution in [3.63, 3.8) is 0 Å². The summed E-state index contributed by atoms with van der Waals surface area (Å²) in [5.41, 5.74) is 1.32. The molecule has 2 N–H and O–H groups in total. The zero-order valence-corrected chi connectivity index (χ0v) is 14.0. The molecule has 2 aromatic rings. The molecule has 4 nitrogen and oxygen atoms in total. The number of aliphatic hydroxyl groups excluding tert-OH is 1. The Balaban J connectivity index is 1.90. The number of aliphatic hydroxyl groups is 1. The number of halogens is 4. The van der Waals surface area contributed by atoms with Crippen molar-refractivity contribution in [2.24, 2.45) is 0 Å². The van der Waals surface area contributed by atoms with E-state index in [1.54, 1.807) is 12.1 Å². The van der Waals surface area contributed by atoms with Crippen molar-refractivity contribution in [3.8, 4) is 11.5 Å². The van der Waals surface area contributed by atoms with Gasteiger partial charge in [-0.15, -0.1) is 0 Å². The van der Waals surface area contributed by atoms with E-state index in [9.17, 15) is 22.7 Å². The molecule has 1 unspecified atom stereocenters. The van der Waals surface area contributed by atoms with Crippen LogP contribution in [0.15, 0.2) is 42.5 Å². The van der Waals surface area contributed by atoms with E-state index in [2.05, 4.69) is 5.32 Å². The van der Waals surface area contributed by atoms with Crippen LogP contribution in [0.2, 0.25) is 0 Å². The summed E-state index contributed by atoms with van der Waals surface area (Å²) in [6.45, 7) is -0.820. The van der Waals surface area contributed by atoms with E-state index in [4.69, 9.17) is 9.47 Å². The van der Waals surface area contributed by atoms with Gasteiger partial charge in [0.15, 0.2) is 18.1 Å². The number of nitrogens with one attached hydrogen (secondary N) is 1. The first-order valence-electron chi connectivity index (χ1n) is 7.79. The Labute approximate surface area is 148 Å². The van der Waals surface area contributed by atoms with Crippen LogP contribution in [0.25, 0.3) is 0 Å². The zero-order chi connectivity index (χ0) is 19.2. The third-order valence-electron chi connectivity index (χ3n) is 3.54. The Hall–Kier alpha value is -2.32. The van der Waals surface area contributed by atoms with Crippen LogP contribution in [0.4, 0.5) is 17.6 Å². The highest BCUT2D eigenvalue weighted by atomic mass is 19.4. The van der Waals surface area contributed by atoms with Crippen molar-refractivity contribution in [1.82, 2.24) is 5.32 Å². The molecule has 0 bridgehead atoms. The van der Waals surface area contributed by atoms with E-state index in [1.165, 1.54) is 37.4 Å². The normalized spacial score (nSPS) is 12.7. The average molecular weight is 373 g/mol. The van der Waals surface area contributed by atoms with Gasteiger partial charge < -0.3 is 19.9 Å². The second-order valence-corrected chi connectivity index (χ2v) is 5.59. The molecule has 0 aliphatic heterocycles. The molecule has 8 heteroatoms. The third-order valence-corrected chi connectivity index (χ3v) is 3.54. The maximum absolute atomic E-state index is 12.9. The molecule has 0 spiro atoms. The second-order valence-electron chi connectivity index (χ2n) is 5.59. The first-order chi connectivity index (χ1) is 12.3. The predicted molar refractivity (Wildman–Crippen MR) is 87.6 cm³/mol. The predicted octanol–water partition coefficient (Wildman–Crippen LogP) is 3.60. The van der Waals surface area contributed by atoms with Crippen LogP contribution in [0.3, 0.4) is 0 Å². The molecule has 26 heavy (non-hydrogen) atoms. The number of hydrogen-bond donors (Lipinski definition) is 2. The van der Waals surface area contributed by atoms with Crippen LogP contribution in [0.1, 0.15) is 17.2 Å². The molecule has 0 fully saturated rings. The van der Waals surface area contributed by atoms with Crippen molar-refractivity contribution in [2.75, 3.05) is 20.3 Å². The van der Waals surface area contributed by atoms with Crippen LogP contribution in [0, 0.1) is 5.82 Å². The molecule has 142 valence electrons. The lowest BCUT2D eigenvalue weighted by molar-refractivity contribution is -0.153. The Bertz CT molecular complexity index is 705. The number of alkyl halides is 3. The van der Waals surface area contributed by atoms with Gasteiger partial charge in [0.05, 0.1) is 13.2 Å². The van der Waals surface area contributed by atoms with E-state index in [0.29, 0.717) is 12.1 Å². The van der Waals surface area contributed by atoms with Crippen molar-refractivity contribution >= 4 is 0 Å². The fourth-order valence-corrected chi connectivity index (χ4v) is 2.26. The summed E-state index contributed by atoms with van der Waals surface area (Å²) in [6, 6.07) is 10.1. The lowest BCUT2D eigenvalue weighted by Gasteiger charge is -2.15. The van der Waals surface area contributed by atoms with Gasteiger partial charge in [-0.3, -0.25) is 0 Å². The smallest absolute Gasteiger partial charge is 0.422 e. The minimum Gasteiger partial charge on any atom is -0.493 e. The number of rotatable bonds is 8. The Morgan fingerprint density at radius 3 is 2.38 bits per heavy atom. The number of hydrogen-bond acceptors (Lipinski definition) is 4. The highest BCUT2D eigenvalue weighted by molar-refractivity contribution is 5.43. The molecule has 0 aliphatic rings. The Morgan fingerprint density at radius 2 is 1.77 bits per heavy atom. The van der Waals surface area contributed by atoms with Crippen molar-refractivity contribution in [1.29, 1.82) is 0 Å². The van der Waals surface area contributed by atoms with Crippen LogP contribution in [-0.2, 0) is 6.54 Å². The molecular weight excluding hydrogens is 354 g/mol. The maximum atomic E-state index is 12.9. The van der Waals surface area contributed by atoms with Gasteiger partial charge in [0.25, 0.3) is 0 Å².